The third-order valence-corrected chi connectivity index (χ3v) is 2.74. The predicted molar refractivity (Wildman–Crippen MR) is 68.5 cm³/mol. The van der Waals surface area contributed by atoms with E-state index in [1.807, 2.05) is 43.1 Å². The maximum atomic E-state index is 11.4. The number of carbonyl (C=O) groups is 1. The summed E-state index contributed by atoms with van der Waals surface area (Å²) in [6, 6.07) is 7.82. The summed E-state index contributed by atoms with van der Waals surface area (Å²) < 4.78 is 4.92. The molecule has 17 heavy (non-hydrogen) atoms. The van der Waals surface area contributed by atoms with E-state index in [1.165, 1.54) is 0 Å². The molecule has 2 N–H and O–H groups in total. The fourth-order valence-corrected chi connectivity index (χ4v) is 1.62. The molecule has 94 valence electrons. The SMILES string of the molecule is CCOC(=O)CN(C)C(C)c1cccc(N)c1. The molecule has 4 heteroatoms. The number of nitrogens with two attached hydrogens (primary N) is 1. The van der Waals surface area contributed by atoms with E-state index in [9.17, 15) is 4.79 Å². The fraction of sp³-hybridized carbons (Fsp3) is 0.462. The number of likely N-dealkylation sites (N-methyl/N-ethyl adjacent to an activating group) is 1. The van der Waals surface area contributed by atoms with Gasteiger partial charge in [0.2, 0.25) is 0 Å². The molecule has 0 saturated heterocycles. The molecule has 0 spiro atoms. The van der Waals surface area contributed by atoms with Crippen molar-refractivity contribution in [3.8, 4) is 0 Å². The number of rotatable bonds is 5. The Morgan fingerprint density at radius 2 is 2.24 bits per heavy atom. The number of carbonyl (C=O) groups excluding carboxylic acids is 1. The van der Waals surface area contributed by atoms with Crippen LogP contribution in [0.25, 0.3) is 0 Å². The van der Waals surface area contributed by atoms with Gasteiger partial charge in [-0.05, 0) is 38.6 Å². The Hall–Kier alpha value is -1.55. The number of ether oxygens (including phenoxy) is 1. The number of esters is 1. The quantitative estimate of drug-likeness (QED) is 0.626. The van der Waals surface area contributed by atoms with Crippen LogP contribution in [0.2, 0.25) is 0 Å². The van der Waals surface area contributed by atoms with Crippen LogP contribution in [0.5, 0.6) is 0 Å². The topological polar surface area (TPSA) is 55.6 Å². The first-order valence-corrected chi connectivity index (χ1v) is 5.76. The lowest BCUT2D eigenvalue weighted by atomic mass is 10.1. The van der Waals surface area contributed by atoms with Crippen LogP contribution in [0, 0.1) is 0 Å². The molecule has 1 rings (SSSR count). The van der Waals surface area contributed by atoms with Gasteiger partial charge in [-0.25, -0.2) is 0 Å². The van der Waals surface area contributed by atoms with E-state index >= 15 is 0 Å². The fourth-order valence-electron chi connectivity index (χ4n) is 1.62. The molecule has 0 aliphatic heterocycles. The van der Waals surface area contributed by atoms with Crippen molar-refractivity contribution in [1.82, 2.24) is 4.90 Å². The summed E-state index contributed by atoms with van der Waals surface area (Å²) in [7, 11) is 1.89. The van der Waals surface area contributed by atoms with Crippen LogP contribution in [0.3, 0.4) is 0 Å². The van der Waals surface area contributed by atoms with Crippen LogP contribution in [-0.4, -0.2) is 31.1 Å². The van der Waals surface area contributed by atoms with Crippen molar-refractivity contribution >= 4 is 11.7 Å². The van der Waals surface area contributed by atoms with E-state index in [0.717, 1.165) is 11.3 Å². The Bertz CT molecular complexity index is 379. The molecule has 1 atom stereocenters. The van der Waals surface area contributed by atoms with Crippen molar-refractivity contribution in [2.24, 2.45) is 0 Å². The van der Waals surface area contributed by atoms with Crippen molar-refractivity contribution in [3.05, 3.63) is 29.8 Å². The number of benzene rings is 1. The summed E-state index contributed by atoms with van der Waals surface area (Å²) in [5, 5.41) is 0. The normalized spacial score (nSPS) is 12.5. The Morgan fingerprint density at radius 1 is 1.53 bits per heavy atom. The monoisotopic (exact) mass is 236 g/mol. The summed E-state index contributed by atoms with van der Waals surface area (Å²) in [4.78, 5) is 13.3. The highest BCUT2D eigenvalue weighted by atomic mass is 16.5. The van der Waals surface area contributed by atoms with Gasteiger partial charge in [0.15, 0.2) is 0 Å². The van der Waals surface area contributed by atoms with Crippen LogP contribution >= 0.6 is 0 Å². The minimum atomic E-state index is -0.203. The molecule has 4 nitrogen and oxygen atoms in total. The molecule has 0 bridgehead atoms. The largest absolute Gasteiger partial charge is 0.465 e. The predicted octanol–water partition coefficient (Wildman–Crippen LogP) is 1.82. The molecule has 0 radical (unpaired) electrons. The van der Waals surface area contributed by atoms with E-state index in [4.69, 9.17) is 10.5 Å². The molecular formula is C13H20N2O2. The third-order valence-electron chi connectivity index (χ3n) is 2.74. The number of anilines is 1. The summed E-state index contributed by atoms with van der Waals surface area (Å²) in [6.07, 6.45) is 0. The lowest BCUT2D eigenvalue weighted by molar-refractivity contribution is -0.144. The van der Waals surface area contributed by atoms with E-state index in [2.05, 4.69) is 0 Å². The second-order valence-electron chi connectivity index (χ2n) is 4.07. The molecule has 0 heterocycles. The van der Waals surface area contributed by atoms with E-state index in [1.54, 1.807) is 6.92 Å². The lowest BCUT2D eigenvalue weighted by Gasteiger charge is -2.24. The first kappa shape index (κ1) is 13.5. The summed E-state index contributed by atoms with van der Waals surface area (Å²) in [5.41, 5.74) is 7.56. The van der Waals surface area contributed by atoms with Gasteiger partial charge in [0.25, 0.3) is 0 Å². The van der Waals surface area contributed by atoms with Crippen molar-refractivity contribution in [2.45, 2.75) is 19.9 Å². The second-order valence-corrected chi connectivity index (χ2v) is 4.07. The van der Waals surface area contributed by atoms with Crippen molar-refractivity contribution in [1.29, 1.82) is 0 Å². The molecule has 1 aromatic rings. The van der Waals surface area contributed by atoms with E-state index in [0.29, 0.717) is 6.61 Å². The van der Waals surface area contributed by atoms with Gasteiger partial charge in [-0.2, -0.15) is 0 Å². The van der Waals surface area contributed by atoms with Gasteiger partial charge < -0.3 is 10.5 Å². The molecule has 0 aromatic heterocycles. The molecule has 0 fully saturated rings. The zero-order chi connectivity index (χ0) is 12.8. The third kappa shape index (κ3) is 4.07. The van der Waals surface area contributed by atoms with Crippen LogP contribution < -0.4 is 5.73 Å². The zero-order valence-corrected chi connectivity index (χ0v) is 10.6. The van der Waals surface area contributed by atoms with Crippen molar-refractivity contribution in [3.63, 3.8) is 0 Å². The second kappa shape index (κ2) is 6.25. The molecule has 0 saturated carbocycles. The Labute approximate surface area is 102 Å². The van der Waals surface area contributed by atoms with Gasteiger partial charge >= 0.3 is 5.97 Å². The van der Waals surface area contributed by atoms with Gasteiger partial charge in [0.1, 0.15) is 0 Å². The average molecular weight is 236 g/mol. The van der Waals surface area contributed by atoms with Crippen LogP contribution in [0.4, 0.5) is 5.69 Å². The van der Waals surface area contributed by atoms with Crippen LogP contribution in [0.1, 0.15) is 25.5 Å². The first-order chi connectivity index (χ1) is 8.04. The van der Waals surface area contributed by atoms with Crippen LogP contribution in [0.15, 0.2) is 24.3 Å². The standard InChI is InChI=1S/C13H20N2O2/c1-4-17-13(16)9-15(3)10(2)11-6-5-7-12(14)8-11/h5-8,10H,4,9,14H2,1-3H3. The van der Waals surface area contributed by atoms with E-state index < -0.39 is 0 Å². The minimum absolute atomic E-state index is 0.128. The minimum Gasteiger partial charge on any atom is -0.465 e. The summed E-state index contributed by atoms with van der Waals surface area (Å²) >= 11 is 0. The maximum absolute atomic E-state index is 11.4. The van der Waals surface area contributed by atoms with Crippen LogP contribution in [-0.2, 0) is 9.53 Å². The number of nitrogen functional groups attached to an aromatic ring is 1. The highest BCUT2D eigenvalue weighted by Gasteiger charge is 2.15. The van der Waals surface area contributed by atoms with Gasteiger partial charge in [0.05, 0.1) is 13.2 Å². The summed E-state index contributed by atoms with van der Waals surface area (Å²) in [6.45, 7) is 4.54. The molecule has 0 amide bonds. The molecule has 1 aromatic carbocycles. The first-order valence-electron chi connectivity index (χ1n) is 5.76. The van der Waals surface area contributed by atoms with Gasteiger partial charge in [-0.3, -0.25) is 9.69 Å². The lowest BCUT2D eigenvalue weighted by Crippen LogP contribution is -2.29. The number of nitrogens with zero attached hydrogens (tertiary/aromatic N) is 1. The van der Waals surface area contributed by atoms with Gasteiger partial charge in [-0.15, -0.1) is 0 Å². The summed E-state index contributed by atoms with van der Waals surface area (Å²) in [5.74, 6) is -0.203. The highest BCUT2D eigenvalue weighted by Crippen LogP contribution is 2.20. The van der Waals surface area contributed by atoms with E-state index in [-0.39, 0.29) is 18.6 Å². The van der Waals surface area contributed by atoms with Crippen molar-refractivity contribution < 1.29 is 9.53 Å². The van der Waals surface area contributed by atoms with Gasteiger partial charge in [0, 0.05) is 11.7 Å². The molecule has 0 aliphatic carbocycles. The number of hydrogen-bond donors (Lipinski definition) is 1. The average Bonchev–Trinajstić information content (AvgIpc) is 2.28. The molecule has 1 unspecified atom stereocenters. The maximum Gasteiger partial charge on any atom is 0.320 e. The van der Waals surface area contributed by atoms with Crippen molar-refractivity contribution in [2.75, 3.05) is 25.9 Å². The van der Waals surface area contributed by atoms with Gasteiger partial charge in [-0.1, -0.05) is 12.1 Å². The Balaban J connectivity index is 2.63. The number of hydrogen-bond acceptors (Lipinski definition) is 4. The Kier molecular flexibility index (Phi) is 4.97. The molecule has 0 aliphatic rings. The zero-order valence-electron chi connectivity index (χ0n) is 10.6. The smallest absolute Gasteiger partial charge is 0.320 e. The Morgan fingerprint density at radius 3 is 2.82 bits per heavy atom. The highest BCUT2D eigenvalue weighted by molar-refractivity contribution is 5.71. The molecular weight excluding hydrogens is 216 g/mol.